The Labute approximate surface area is 114 Å². The second-order valence-electron chi connectivity index (χ2n) is 3.91. The van der Waals surface area contributed by atoms with Gasteiger partial charge in [-0.05, 0) is 19.4 Å². The van der Waals surface area contributed by atoms with Gasteiger partial charge in [0, 0.05) is 24.0 Å². The molecule has 18 heavy (non-hydrogen) atoms. The zero-order valence-electron chi connectivity index (χ0n) is 10.3. The number of carbonyl (C=O) groups is 1. The fraction of sp³-hybridized carbons (Fsp3) is 0.462. The van der Waals surface area contributed by atoms with E-state index in [0.29, 0.717) is 13.1 Å². The van der Waals surface area contributed by atoms with Crippen LogP contribution in [0.2, 0.25) is 0 Å². The fourth-order valence-corrected chi connectivity index (χ4v) is 1.92. The Morgan fingerprint density at radius 2 is 2.11 bits per heavy atom. The summed E-state index contributed by atoms with van der Waals surface area (Å²) in [5.41, 5.74) is 0.109. The maximum Gasteiger partial charge on any atom is 0.227 e. The average Bonchev–Trinajstić information content (AvgIpc) is 2.36. The first-order valence-corrected chi connectivity index (χ1v) is 6.99. The molecule has 100 valence electrons. The van der Waals surface area contributed by atoms with Crippen LogP contribution in [0.4, 0.5) is 8.78 Å². The molecule has 1 aromatic rings. The van der Waals surface area contributed by atoms with E-state index in [4.69, 9.17) is 0 Å². The zero-order valence-corrected chi connectivity index (χ0v) is 11.8. The van der Waals surface area contributed by atoms with Crippen molar-refractivity contribution < 1.29 is 13.6 Å². The van der Waals surface area contributed by atoms with Gasteiger partial charge in [-0.1, -0.05) is 28.1 Å². The molecule has 0 radical (unpaired) electrons. The molecule has 0 bridgehead atoms. The van der Waals surface area contributed by atoms with E-state index < -0.39 is 11.6 Å². The first kappa shape index (κ1) is 15.1. The van der Waals surface area contributed by atoms with Crippen molar-refractivity contribution >= 4 is 21.8 Å². The first-order valence-electron chi connectivity index (χ1n) is 5.86. The van der Waals surface area contributed by atoms with Crippen LogP contribution >= 0.6 is 15.9 Å². The molecule has 0 saturated heterocycles. The van der Waals surface area contributed by atoms with Gasteiger partial charge in [0.15, 0.2) is 11.6 Å². The van der Waals surface area contributed by atoms with Crippen LogP contribution in [0.3, 0.4) is 0 Å². The average molecular weight is 320 g/mol. The van der Waals surface area contributed by atoms with Crippen LogP contribution in [0.5, 0.6) is 0 Å². The molecule has 2 nitrogen and oxygen atoms in total. The van der Waals surface area contributed by atoms with Gasteiger partial charge < -0.3 is 4.90 Å². The monoisotopic (exact) mass is 319 g/mol. The van der Waals surface area contributed by atoms with Gasteiger partial charge in [-0.3, -0.25) is 4.79 Å². The van der Waals surface area contributed by atoms with E-state index in [1.807, 2.05) is 6.92 Å². The summed E-state index contributed by atoms with van der Waals surface area (Å²) >= 11 is 3.30. The van der Waals surface area contributed by atoms with Crippen molar-refractivity contribution in [1.29, 1.82) is 0 Å². The van der Waals surface area contributed by atoms with E-state index in [1.54, 1.807) is 4.90 Å². The van der Waals surface area contributed by atoms with Gasteiger partial charge in [-0.15, -0.1) is 0 Å². The third-order valence-corrected chi connectivity index (χ3v) is 3.23. The normalized spacial score (nSPS) is 10.4. The highest BCUT2D eigenvalue weighted by Gasteiger charge is 2.15. The number of carbonyl (C=O) groups excluding carboxylic acids is 1. The number of benzene rings is 1. The second kappa shape index (κ2) is 7.46. The molecule has 1 amide bonds. The maximum atomic E-state index is 13.4. The van der Waals surface area contributed by atoms with Gasteiger partial charge in [0.1, 0.15) is 0 Å². The van der Waals surface area contributed by atoms with E-state index in [0.717, 1.165) is 17.8 Å². The lowest BCUT2D eigenvalue weighted by Gasteiger charge is -2.20. The van der Waals surface area contributed by atoms with Crippen LogP contribution in [-0.4, -0.2) is 29.2 Å². The number of hydrogen-bond donors (Lipinski definition) is 0. The van der Waals surface area contributed by atoms with Crippen LogP contribution in [0, 0.1) is 11.6 Å². The van der Waals surface area contributed by atoms with Crippen molar-refractivity contribution in [3.63, 3.8) is 0 Å². The molecule has 0 N–H and O–H groups in total. The Balaban J connectivity index is 2.70. The number of rotatable bonds is 6. The Morgan fingerprint density at radius 1 is 1.39 bits per heavy atom. The predicted molar refractivity (Wildman–Crippen MR) is 70.7 cm³/mol. The molecule has 0 saturated carbocycles. The van der Waals surface area contributed by atoms with Crippen LogP contribution in [0.1, 0.15) is 18.9 Å². The maximum absolute atomic E-state index is 13.4. The molecular weight excluding hydrogens is 304 g/mol. The summed E-state index contributed by atoms with van der Waals surface area (Å²) in [6.07, 6.45) is 0.741. The lowest BCUT2D eigenvalue weighted by Crippen LogP contribution is -2.33. The van der Waals surface area contributed by atoms with E-state index in [1.165, 1.54) is 12.1 Å². The van der Waals surface area contributed by atoms with Gasteiger partial charge in [0.2, 0.25) is 5.91 Å². The Kier molecular flexibility index (Phi) is 6.25. The summed E-state index contributed by atoms with van der Waals surface area (Å²) < 4.78 is 26.4. The molecule has 0 unspecified atom stereocenters. The van der Waals surface area contributed by atoms with Crippen molar-refractivity contribution in [3.8, 4) is 0 Å². The largest absolute Gasteiger partial charge is 0.343 e. The van der Waals surface area contributed by atoms with Crippen molar-refractivity contribution in [2.75, 3.05) is 18.4 Å². The summed E-state index contributed by atoms with van der Waals surface area (Å²) in [4.78, 5) is 13.6. The standard InChI is InChI=1S/C13H16BrF2NO/c1-2-17(8-4-7-14)12(18)9-10-5-3-6-11(15)13(10)16/h3,5-6H,2,4,7-9H2,1H3. The van der Waals surface area contributed by atoms with Gasteiger partial charge in [0.25, 0.3) is 0 Å². The molecule has 0 fully saturated rings. The quantitative estimate of drug-likeness (QED) is 0.738. The Morgan fingerprint density at radius 3 is 2.72 bits per heavy atom. The number of amides is 1. The molecule has 0 aliphatic carbocycles. The number of nitrogens with zero attached hydrogens (tertiary/aromatic N) is 1. The van der Waals surface area contributed by atoms with Gasteiger partial charge in [0.05, 0.1) is 6.42 Å². The van der Waals surface area contributed by atoms with Gasteiger partial charge in [-0.25, -0.2) is 8.78 Å². The molecule has 0 aliphatic heterocycles. The summed E-state index contributed by atoms with van der Waals surface area (Å²) in [7, 11) is 0. The highest BCUT2D eigenvalue weighted by atomic mass is 79.9. The summed E-state index contributed by atoms with van der Waals surface area (Å²) in [5, 5.41) is 0.811. The lowest BCUT2D eigenvalue weighted by atomic mass is 10.1. The molecule has 1 rings (SSSR count). The van der Waals surface area contributed by atoms with Crippen LogP contribution in [0.25, 0.3) is 0 Å². The van der Waals surface area contributed by atoms with Crippen LogP contribution in [-0.2, 0) is 11.2 Å². The molecule has 0 heterocycles. The van der Waals surface area contributed by atoms with Gasteiger partial charge >= 0.3 is 0 Å². The molecule has 0 aromatic heterocycles. The minimum atomic E-state index is -0.928. The van der Waals surface area contributed by atoms with Crippen molar-refractivity contribution in [3.05, 3.63) is 35.4 Å². The molecule has 0 atom stereocenters. The summed E-state index contributed by atoms with van der Waals surface area (Å²) in [6, 6.07) is 3.90. The van der Waals surface area contributed by atoms with E-state index in [-0.39, 0.29) is 17.9 Å². The minimum absolute atomic E-state index is 0.0975. The van der Waals surface area contributed by atoms with Gasteiger partial charge in [-0.2, -0.15) is 0 Å². The zero-order chi connectivity index (χ0) is 13.5. The topological polar surface area (TPSA) is 20.3 Å². The van der Waals surface area contributed by atoms with Crippen LogP contribution < -0.4 is 0 Å². The lowest BCUT2D eigenvalue weighted by molar-refractivity contribution is -0.130. The second-order valence-corrected chi connectivity index (χ2v) is 4.70. The highest BCUT2D eigenvalue weighted by Crippen LogP contribution is 2.13. The number of hydrogen-bond acceptors (Lipinski definition) is 1. The van der Waals surface area contributed by atoms with Crippen LogP contribution in [0.15, 0.2) is 18.2 Å². The summed E-state index contributed by atoms with van der Waals surface area (Å²) in [5.74, 6) is -2.02. The SMILES string of the molecule is CCN(CCCBr)C(=O)Cc1cccc(F)c1F. The third kappa shape index (κ3) is 4.05. The number of halogens is 3. The van der Waals surface area contributed by atoms with E-state index in [9.17, 15) is 13.6 Å². The van der Waals surface area contributed by atoms with E-state index in [2.05, 4.69) is 15.9 Å². The molecular formula is C13H16BrF2NO. The first-order chi connectivity index (χ1) is 8.60. The van der Waals surface area contributed by atoms with Crippen molar-refractivity contribution in [2.45, 2.75) is 19.8 Å². The number of likely N-dealkylation sites (N-methyl/N-ethyl adjacent to an activating group) is 1. The number of alkyl halides is 1. The smallest absolute Gasteiger partial charge is 0.227 e. The Bertz CT molecular complexity index is 412. The Hall–Kier alpha value is -0.970. The molecule has 0 aliphatic rings. The van der Waals surface area contributed by atoms with Crippen molar-refractivity contribution in [1.82, 2.24) is 4.90 Å². The fourth-order valence-electron chi connectivity index (χ4n) is 1.67. The van der Waals surface area contributed by atoms with Crippen molar-refractivity contribution in [2.24, 2.45) is 0 Å². The molecule has 5 heteroatoms. The van der Waals surface area contributed by atoms with E-state index >= 15 is 0 Å². The summed E-state index contributed by atoms with van der Waals surface area (Å²) in [6.45, 7) is 3.06. The highest BCUT2D eigenvalue weighted by molar-refractivity contribution is 9.09. The third-order valence-electron chi connectivity index (χ3n) is 2.67. The molecule has 1 aromatic carbocycles. The minimum Gasteiger partial charge on any atom is -0.343 e. The predicted octanol–water partition coefficient (Wildman–Crippen LogP) is 3.14. The molecule has 0 spiro atoms.